The van der Waals surface area contributed by atoms with E-state index in [-0.39, 0.29) is 5.91 Å². The van der Waals surface area contributed by atoms with Crippen LogP contribution in [0.2, 0.25) is 0 Å². The van der Waals surface area contributed by atoms with Crippen molar-refractivity contribution >= 4 is 21.8 Å². The van der Waals surface area contributed by atoms with Crippen LogP contribution in [-0.2, 0) is 19.4 Å². The minimum Gasteiger partial charge on any atom is -0.312 e. The van der Waals surface area contributed by atoms with Crippen LogP contribution >= 0.6 is 15.9 Å². The van der Waals surface area contributed by atoms with Crippen LogP contribution in [-0.4, -0.2) is 17.0 Å². The summed E-state index contributed by atoms with van der Waals surface area (Å²) in [6, 6.07) is 10.2. The number of nitrogens with one attached hydrogen (secondary N) is 1. The molecule has 0 saturated carbocycles. The number of hydrogen-bond donors (Lipinski definition) is 1. The van der Waals surface area contributed by atoms with Crippen LogP contribution in [0.4, 0.5) is 0 Å². The van der Waals surface area contributed by atoms with Crippen molar-refractivity contribution in [3.63, 3.8) is 0 Å². The number of benzene rings is 1. The lowest BCUT2D eigenvalue weighted by atomic mass is 10.1. The molecule has 4 heteroatoms. The van der Waals surface area contributed by atoms with Gasteiger partial charge in [-0.1, -0.05) is 29.8 Å². The number of halogens is 1. The van der Waals surface area contributed by atoms with E-state index < -0.39 is 0 Å². The van der Waals surface area contributed by atoms with E-state index >= 15 is 0 Å². The van der Waals surface area contributed by atoms with E-state index in [1.165, 1.54) is 11.1 Å². The van der Waals surface area contributed by atoms with Gasteiger partial charge in [0, 0.05) is 25.2 Å². The van der Waals surface area contributed by atoms with Crippen molar-refractivity contribution in [1.82, 2.24) is 9.88 Å². The van der Waals surface area contributed by atoms with Gasteiger partial charge in [-0.2, -0.15) is 0 Å². The number of carbonyl (C=O) groups is 1. The zero-order chi connectivity index (χ0) is 14.1. The summed E-state index contributed by atoms with van der Waals surface area (Å²) >= 11 is 3.52. The van der Waals surface area contributed by atoms with Crippen LogP contribution in [0, 0.1) is 6.92 Å². The van der Waals surface area contributed by atoms with E-state index in [9.17, 15) is 4.79 Å². The van der Waals surface area contributed by atoms with Crippen molar-refractivity contribution in [2.45, 2.75) is 26.3 Å². The van der Waals surface area contributed by atoms with Crippen molar-refractivity contribution in [3.05, 3.63) is 57.3 Å². The predicted molar refractivity (Wildman–Crippen MR) is 83.1 cm³/mol. The molecule has 3 rings (SSSR count). The molecule has 1 aromatic heterocycles. The third-order valence-corrected chi connectivity index (χ3v) is 4.27. The molecule has 0 fully saturated rings. The summed E-state index contributed by atoms with van der Waals surface area (Å²) < 4.78 is 2.70. The van der Waals surface area contributed by atoms with Crippen molar-refractivity contribution in [2.75, 3.05) is 6.54 Å². The normalized spacial score (nSPS) is 14.1. The zero-order valence-corrected chi connectivity index (χ0v) is 13.0. The summed E-state index contributed by atoms with van der Waals surface area (Å²) in [7, 11) is 0. The summed E-state index contributed by atoms with van der Waals surface area (Å²) in [5.41, 5.74) is 4.63. The lowest BCUT2D eigenvalue weighted by Gasteiger charge is -2.16. The summed E-state index contributed by atoms with van der Waals surface area (Å²) in [4.78, 5) is 12.6. The van der Waals surface area contributed by atoms with Gasteiger partial charge in [-0.25, -0.2) is 0 Å². The molecule has 104 valence electrons. The first-order valence-electron chi connectivity index (χ1n) is 6.83. The molecule has 2 aromatic rings. The number of carbonyl (C=O) groups excluding carboxylic acids is 1. The van der Waals surface area contributed by atoms with E-state index in [2.05, 4.69) is 33.4 Å². The Kier molecular flexibility index (Phi) is 3.76. The Morgan fingerprint density at radius 3 is 3.05 bits per heavy atom. The molecule has 0 amide bonds. The highest BCUT2D eigenvalue weighted by Crippen LogP contribution is 2.24. The highest BCUT2D eigenvalue weighted by Gasteiger charge is 2.20. The van der Waals surface area contributed by atoms with Crippen molar-refractivity contribution in [3.8, 4) is 0 Å². The SMILES string of the molecule is Cc1cccc(CC(=O)n2c(Br)cc3c2CCNC3)c1. The molecule has 0 unspecified atom stereocenters. The fraction of sp³-hybridized carbons (Fsp3) is 0.312. The van der Waals surface area contributed by atoms with E-state index in [1.807, 2.05) is 29.7 Å². The molecular weight excluding hydrogens is 316 g/mol. The maximum absolute atomic E-state index is 12.6. The van der Waals surface area contributed by atoms with Gasteiger partial charge in [-0.3, -0.25) is 9.36 Å². The smallest absolute Gasteiger partial charge is 0.236 e. The Bertz CT molecular complexity index is 660. The molecule has 1 aliphatic rings. The predicted octanol–water partition coefficient (Wildman–Crippen LogP) is 3.09. The molecule has 1 aromatic carbocycles. The third kappa shape index (κ3) is 2.58. The van der Waals surface area contributed by atoms with Crippen molar-refractivity contribution in [1.29, 1.82) is 0 Å². The van der Waals surface area contributed by atoms with E-state index in [0.717, 1.165) is 35.4 Å². The molecule has 0 radical (unpaired) electrons. The Morgan fingerprint density at radius 1 is 1.40 bits per heavy atom. The topological polar surface area (TPSA) is 34.0 Å². The van der Waals surface area contributed by atoms with Gasteiger partial charge in [0.25, 0.3) is 0 Å². The highest BCUT2D eigenvalue weighted by atomic mass is 79.9. The first-order valence-corrected chi connectivity index (χ1v) is 7.63. The lowest BCUT2D eigenvalue weighted by molar-refractivity contribution is 0.0908. The second kappa shape index (κ2) is 5.54. The van der Waals surface area contributed by atoms with Crippen molar-refractivity contribution in [2.24, 2.45) is 0 Å². The molecule has 0 aliphatic carbocycles. The first kappa shape index (κ1) is 13.6. The van der Waals surface area contributed by atoms with Gasteiger partial charge in [-0.05, 0) is 40.0 Å². The van der Waals surface area contributed by atoms with E-state index in [1.54, 1.807) is 0 Å². The average Bonchev–Trinajstić information content (AvgIpc) is 2.74. The summed E-state index contributed by atoms with van der Waals surface area (Å²) in [6.45, 7) is 3.83. The second-order valence-corrected chi connectivity index (χ2v) is 6.07. The Morgan fingerprint density at radius 2 is 2.25 bits per heavy atom. The summed E-state index contributed by atoms with van der Waals surface area (Å²) in [5.74, 6) is 0.130. The molecule has 0 spiro atoms. The maximum Gasteiger partial charge on any atom is 0.236 e. The first-order chi connectivity index (χ1) is 9.65. The zero-order valence-electron chi connectivity index (χ0n) is 11.4. The molecule has 20 heavy (non-hydrogen) atoms. The Balaban J connectivity index is 1.89. The molecular formula is C16H17BrN2O. The molecule has 1 aliphatic heterocycles. The minimum absolute atomic E-state index is 0.130. The van der Waals surface area contributed by atoms with Gasteiger partial charge >= 0.3 is 0 Å². The number of rotatable bonds is 2. The monoisotopic (exact) mass is 332 g/mol. The number of aryl methyl sites for hydroxylation is 1. The minimum atomic E-state index is 0.130. The largest absolute Gasteiger partial charge is 0.312 e. The quantitative estimate of drug-likeness (QED) is 0.916. The van der Waals surface area contributed by atoms with Gasteiger partial charge in [0.1, 0.15) is 0 Å². The van der Waals surface area contributed by atoms with Gasteiger partial charge in [-0.15, -0.1) is 0 Å². The third-order valence-electron chi connectivity index (χ3n) is 3.69. The molecule has 0 bridgehead atoms. The average molecular weight is 333 g/mol. The standard InChI is InChI=1S/C16H17BrN2O/c1-11-3-2-4-12(7-11)8-16(20)19-14-5-6-18-10-13(14)9-15(19)17/h2-4,7,9,18H,5-6,8,10H2,1H3. The van der Waals surface area contributed by atoms with Crippen LogP contribution in [0.1, 0.15) is 27.2 Å². The number of nitrogens with zero attached hydrogens (tertiary/aromatic N) is 1. The Hall–Kier alpha value is -1.39. The fourth-order valence-electron chi connectivity index (χ4n) is 2.76. The molecule has 0 atom stereocenters. The summed E-state index contributed by atoms with van der Waals surface area (Å²) in [5, 5.41) is 3.33. The second-order valence-electron chi connectivity index (χ2n) is 5.26. The number of aromatic nitrogens is 1. The van der Waals surface area contributed by atoms with Gasteiger partial charge < -0.3 is 5.32 Å². The van der Waals surface area contributed by atoms with Crippen LogP contribution in [0.5, 0.6) is 0 Å². The van der Waals surface area contributed by atoms with Crippen LogP contribution < -0.4 is 5.32 Å². The van der Waals surface area contributed by atoms with Crippen LogP contribution in [0.15, 0.2) is 34.9 Å². The van der Waals surface area contributed by atoms with Crippen LogP contribution in [0.25, 0.3) is 0 Å². The van der Waals surface area contributed by atoms with Crippen molar-refractivity contribution < 1.29 is 4.79 Å². The van der Waals surface area contributed by atoms with Crippen LogP contribution in [0.3, 0.4) is 0 Å². The van der Waals surface area contributed by atoms with Gasteiger partial charge in [0.05, 0.1) is 11.0 Å². The highest BCUT2D eigenvalue weighted by molar-refractivity contribution is 9.10. The molecule has 2 heterocycles. The fourth-order valence-corrected chi connectivity index (χ4v) is 3.45. The molecule has 0 saturated heterocycles. The lowest BCUT2D eigenvalue weighted by Crippen LogP contribution is -2.26. The summed E-state index contributed by atoms with van der Waals surface area (Å²) in [6.07, 6.45) is 1.34. The van der Waals surface area contributed by atoms with E-state index in [0.29, 0.717) is 6.42 Å². The van der Waals surface area contributed by atoms with E-state index in [4.69, 9.17) is 0 Å². The molecule has 3 nitrogen and oxygen atoms in total. The van der Waals surface area contributed by atoms with Gasteiger partial charge in [0.2, 0.25) is 5.91 Å². The Labute approximate surface area is 127 Å². The maximum atomic E-state index is 12.6. The van der Waals surface area contributed by atoms with Gasteiger partial charge in [0.15, 0.2) is 0 Å². The number of fused-ring (bicyclic) bond motifs is 1. The molecule has 1 N–H and O–H groups in total. The number of hydrogen-bond acceptors (Lipinski definition) is 2.